The Kier molecular flexibility index (Phi) is 4.47. The van der Waals surface area contributed by atoms with Gasteiger partial charge in [-0.25, -0.2) is 9.59 Å². The monoisotopic (exact) mass is 271 g/mol. The van der Waals surface area contributed by atoms with Crippen LogP contribution in [0.2, 0.25) is 0 Å². The molecule has 1 aliphatic heterocycles. The van der Waals surface area contributed by atoms with Gasteiger partial charge in [-0.05, 0) is 13.3 Å². The van der Waals surface area contributed by atoms with Gasteiger partial charge in [0.2, 0.25) is 11.8 Å². The van der Waals surface area contributed by atoms with Crippen LogP contribution >= 0.6 is 0 Å². The fraction of sp³-hybridized carbons (Fsp3) is 0.636. The van der Waals surface area contributed by atoms with E-state index in [1.807, 2.05) is 0 Å². The molecule has 0 aromatic heterocycles. The minimum atomic E-state index is -1.41. The van der Waals surface area contributed by atoms with E-state index in [1.165, 1.54) is 6.92 Å². The van der Waals surface area contributed by atoms with E-state index in [0.29, 0.717) is 6.42 Å². The first-order chi connectivity index (χ1) is 8.78. The quantitative estimate of drug-likeness (QED) is 0.584. The number of nitrogens with zero attached hydrogens (tertiary/aromatic N) is 1. The Hall–Kier alpha value is -2.12. The molecule has 1 unspecified atom stereocenters. The summed E-state index contributed by atoms with van der Waals surface area (Å²) in [5.41, 5.74) is -1.41. The van der Waals surface area contributed by atoms with Crippen molar-refractivity contribution in [1.82, 2.24) is 15.5 Å². The van der Waals surface area contributed by atoms with E-state index in [4.69, 9.17) is 5.11 Å². The third-order valence-corrected chi connectivity index (χ3v) is 2.84. The van der Waals surface area contributed by atoms with Crippen molar-refractivity contribution in [3.05, 3.63) is 0 Å². The zero-order chi connectivity index (χ0) is 14.6. The number of amides is 4. The van der Waals surface area contributed by atoms with Gasteiger partial charge in [0, 0.05) is 0 Å². The van der Waals surface area contributed by atoms with Crippen LogP contribution in [-0.2, 0) is 14.4 Å². The number of imide groups is 1. The number of urea groups is 1. The highest BCUT2D eigenvalue weighted by Gasteiger charge is 2.36. The number of piperazine rings is 1. The van der Waals surface area contributed by atoms with Crippen molar-refractivity contribution in [2.75, 3.05) is 13.1 Å². The second-order valence-corrected chi connectivity index (χ2v) is 4.64. The first-order valence-corrected chi connectivity index (χ1v) is 5.91. The Morgan fingerprint density at radius 3 is 2.32 bits per heavy atom. The van der Waals surface area contributed by atoms with Crippen molar-refractivity contribution in [2.45, 2.75) is 32.2 Å². The molecule has 0 spiro atoms. The second kappa shape index (κ2) is 5.68. The van der Waals surface area contributed by atoms with Gasteiger partial charge in [0.1, 0.15) is 18.6 Å². The molecule has 4 amide bonds. The molecule has 0 bridgehead atoms. The summed E-state index contributed by atoms with van der Waals surface area (Å²) >= 11 is 0. The van der Waals surface area contributed by atoms with Gasteiger partial charge in [0.15, 0.2) is 0 Å². The van der Waals surface area contributed by atoms with E-state index in [9.17, 15) is 19.2 Å². The Morgan fingerprint density at radius 2 is 1.89 bits per heavy atom. The van der Waals surface area contributed by atoms with E-state index in [0.717, 1.165) is 4.90 Å². The molecule has 1 heterocycles. The van der Waals surface area contributed by atoms with E-state index in [-0.39, 0.29) is 19.5 Å². The smallest absolute Gasteiger partial charge is 0.329 e. The van der Waals surface area contributed by atoms with Gasteiger partial charge in [-0.15, -0.1) is 0 Å². The average Bonchev–Trinajstić information content (AvgIpc) is 2.27. The molecule has 3 N–H and O–H groups in total. The normalized spacial score (nSPS) is 18.5. The summed E-state index contributed by atoms with van der Waals surface area (Å²) in [5, 5.41) is 13.6. The molecule has 1 rings (SSSR count). The number of carboxylic acids is 1. The van der Waals surface area contributed by atoms with Crippen LogP contribution in [0.4, 0.5) is 4.79 Å². The van der Waals surface area contributed by atoms with Crippen LogP contribution in [0.25, 0.3) is 0 Å². The third-order valence-electron chi connectivity index (χ3n) is 2.84. The molecule has 106 valence electrons. The average molecular weight is 271 g/mol. The minimum Gasteiger partial charge on any atom is -0.480 e. The first kappa shape index (κ1) is 14.9. The van der Waals surface area contributed by atoms with Gasteiger partial charge < -0.3 is 15.3 Å². The fourth-order valence-corrected chi connectivity index (χ4v) is 1.82. The zero-order valence-corrected chi connectivity index (χ0v) is 10.9. The summed E-state index contributed by atoms with van der Waals surface area (Å²) in [6.07, 6.45) is 0.824. The number of aliphatic carboxylic acids is 1. The Bertz CT molecular complexity index is 407. The number of hydrogen-bond donors (Lipinski definition) is 3. The summed E-state index contributed by atoms with van der Waals surface area (Å²) < 4.78 is 0. The zero-order valence-electron chi connectivity index (χ0n) is 10.9. The highest BCUT2D eigenvalue weighted by Crippen LogP contribution is 2.13. The lowest BCUT2D eigenvalue weighted by molar-refractivity contribution is -0.144. The van der Waals surface area contributed by atoms with Crippen LogP contribution in [0.1, 0.15) is 26.7 Å². The van der Waals surface area contributed by atoms with Crippen LogP contribution in [0.15, 0.2) is 0 Å². The van der Waals surface area contributed by atoms with Crippen molar-refractivity contribution in [3.63, 3.8) is 0 Å². The van der Waals surface area contributed by atoms with Crippen LogP contribution in [-0.4, -0.2) is 52.4 Å². The van der Waals surface area contributed by atoms with E-state index >= 15 is 0 Å². The Morgan fingerprint density at radius 1 is 1.37 bits per heavy atom. The Balaban J connectivity index is 2.74. The number of hydrogen-bond acceptors (Lipinski definition) is 4. The van der Waals surface area contributed by atoms with Crippen LogP contribution in [0.5, 0.6) is 0 Å². The van der Waals surface area contributed by atoms with Gasteiger partial charge in [-0.2, -0.15) is 0 Å². The molecule has 19 heavy (non-hydrogen) atoms. The summed E-state index contributed by atoms with van der Waals surface area (Å²) in [7, 11) is 0. The summed E-state index contributed by atoms with van der Waals surface area (Å²) in [6.45, 7) is 2.66. The van der Waals surface area contributed by atoms with E-state index < -0.39 is 29.4 Å². The number of rotatable bonds is 4. The summed E-state index contributed by atoms with van der Waals surface area (Å²) in [6, 6.07) is -0.735. The van der Waals surface area contributed by atoms with E-state index in [1.54, 1.807) is 6.92 Å². The van der Waals surface area contributed by atoms with Gasteiger partial charge >= 0.3 is 12.0 Å². The number of carboxylic acid groups (broad SMARTS) is 1. The molecule has 1 saturated heterocycles. The molecular formula is C11H17N3O5. The summed E-state index contributed by atoms with van der Waals surface area (Å²) in [4.78, 5) is 46.4. The van der Waals surface area contributed by atoms with Crippen LogP contribution in [0.3, 0.4) is 0 Å². The largest absolute Gasteiger partial charge is 0.480 e. The molecule has 0 saturated carbocycles. The summed E-state index contributed by atoms with van der Waals surface area (Å²) in [5.74, 6) is -2.33. The van der Waals surface area contributed by atoms with Crippen molar-refractivity contribution in [3.8, 4) is 0 Å². The molecule has 8 heteroatoms. The number of carbonyl (C=O) groups excluding carboxylic acids is 3. The lowest BCUT2D eigenvalue weighted by Gasteiger charge is -2.31. The van der Waals surface area contributed by atoms with Crippen LogP contribution in [0, 0.1) is 0 Å². The van der Waals surface area contributed by atoms with Crippen molar-refractivity contribution < 1.29 is 24.3 Å². The van der Waals surface area contributed by atoms with Crippen molar-refractivity contribution >= 4 is 23.8 Å². The first-order valence-electron chi connectivity index (χ1n) is 5.91. The molecule has 1 aliphatic rings. The van der Waals surface area contributed by atoms with Gasteiger partial charge in [-0.1, -0.05) is 13.3 Å². The molecule has 1 fully saturated rings. The molecule has 0 aliphatic carbocycles. The fourth-order valence-electron chi connectivity index (χ4n) is 1.82. The molecule has 0 radical (unpaired) electrons. The van der Waals surface area contributed by atoms with Crippen molar-refractivity contribution in [2.24, 2.45) is 0 Å². The van der Waals surface area contributed by atoms with E-state index in [2.05, 4.69) is 10.6 Å². The molecule has 1 atom stereocenters. The number of nitrogens with one attached hydrogen (secondary N) is 2. The number of carbonyl (C=O) groups is 4. The minimum absolute atomic E-state index is 0.252. The third kappa shape index (κ3) is 3.67. The predicted octanol–water partition coefficient (Wildman–Crippen LogP) is -0.702. The molecule has 0 aromatic carbocycles. The maximum atomic E-state index is 11.9. The van der Waals surface area contributed by atoms with Crippen LogP contribution < -0.4 is 10.6 Å². The maximum absolute atomic E-state index is 11.9. The maximum Gasteiger partial charge on any atom is 0.329 e. The molecule has 8 nitrogen and oxygen atoms in total. The van der Waals surface area contributed by atoms with Gasteiger partial charge in [0.05, 0.1) is 0 Å². The second-order valence-electron chi connectivity index (χ2n) is 4.64. The SMILES string of the molecule is CCCC(C)(NC(=O)N1CC(=O)NC(=O)C1)C(=O)O. The lowest BCUT2D eigenvalue weighted by atomic mass is 9.96. The van der Waals surface area contributed by atoms with Gasteiger partial charge in [0.25, 0.3) is 0 Å². The van der Waals surface area contributed by atoms with Gasteiger partial charge in [-0.3, -0.25) is 14.9 Å². The molecular weight excluding hydrogens is 254 g/mol. The molecule has 0 aromatic rings. The predicted molar refractivity (Wildman–Crippen MR) is 64.2 cm³/mol. The Labute approximate surface area is 110 Å². The topological polar surface area (TPSA) is 116 Å². The lowest BCUT2D eigenvalue weighted by Crippen LogP contribution is -2.61. The highest BCUT2D eigenvalue weighted by atomic mass is 16.4. The van der Waals surface area contributed by atoms with Crippen molar-refractivity contribution in [1.29, 1.82) is 0 Å². The standard InChI is InChI=1S/C11H17N3O5/c1-3-4-11(2,9(17)18)13-10(19)14-5-7(15)12-8(16)6-14/h3-6H2,1-2H3,(H,13,19)(H,17,18)(H,12,15,16). The highest BCUT2D eigenvalue weighted by molar-refractivity contribution is 6.02.